The SMILES string of the molecule is [CH2-]CC1=CC(O)C(C)=C(C)C1(O)CCCC. The van der Waals surface area contributed by atoms with E-state index in [-0.39, 0.29) is 0 Å². The molecule has 0 saturated heterocycles. The van der Waals surface area contributed by atoms with E-state index >= 15 is 0 Å². The summed E-state index contributed by atoms with van der Waals surface area (Å²) >= 11 is 0. The third kappa shape index (κ3) is 2.23. The van der Waals surface area contributed by atoms with E-state index < -0.39 is 11.7 Å². The number of hydrogen-bond acceptors (Lipinski definition) is 2. The van der Waals surface area contributed by atoms with Gasteiger partial charge in [0.1, 0.15) is 5.60 Å². The number of aliphatic hydroxyl groups excluding tert-OH is 1. The molecular formula is C14H23O2-. The molecule has 0 heterocycles. The molecule has 2 N–H and O–H groups in total. The van der Waals surface area contributed by atoms with Crippen LogP contribution >= 0.6 is 0 Å². The first-order valence-electron chi connectivity index (χ1n) is 6.06. The fourth-order valence-electron chi connectivity index (χ4n) is 2.31. The Morgan fingerprint density at radius 1 is 1.44 bits per heavy atom. The zero-order chi connectivity index (χ0) is 12.3. The maximum atomic E-state index is 10.7. The number of unbranched alkanes of at least 4 members (excludes halogenated alkanes) is 1. The Balaban J connectivity index is 3.06. The van der Waals surface area contributed by atoms with Gasteiger partial charge in [-0.05, 0) is 31.4 Å². The Kier molecular flexibility index (Phi) is 4.34. The van der Waals surface area contributed by atoms with Crippen molar-refractivity contribution < 1.29 is 10.2 Å². The maximum absolute atomic E-state index is 10.7. The van der Waals surface area contributed by atoms with Crippen LogP contribution < -0.4 is 0 Å². The van der Waals surface area contributed by atoms with E-state index in [1.807, 2.05) is 13.8 Å². The minimum Gasteiger partial charge on any atom is -0.385 e. The van der Waals surface area contributed by atoms with Crippen LogP contribution in [-0.2, 0) is 0 Å². The Bertz CT molecular complexity index is 315. The average molecular weight is 223 g/mol. The summed E-state index contributed by atoms with van der Waals surface area (Å²) in [5, 5.41) is 20.6. The number of aliphatic hydroxyl groups is 2. The summed E-state index contributed by atoms with van der Waals surface area (Å²) in [6.45, 7) is 9.75. The van der Waals surface area contributed by atoms with Gasteiger partial charge in [0.15, 0.2) is 0 Å². The second kappa shape index (κ2) is 5.15. The summed E-state index contributed by atoms with van der Waals surface area (Å²) in [5.41, 5.74) is 1.75. The average Bonchev–Trinajstić information content (AvgIpc) is 2.29. The van der Waals surface area contributed by atoms with Crippen LogP contribution in [0, 0.1) is 6.92 Å². The van der Waals surface area contributed by atoms with Crippen LogP contribution in [0.4, 0.5) is 0 Å². The summed E-state index contributed by atoms with van der Waals surface area (Å²) in [7, 11) is 0. The first kappa shape index (κ1) is 13.5. The van der Waals surface area contributed by atoms with E-state index in [2.05, 4.69) is 13.8 Å². The zero-order valence-corrected chi connectivity index (χ0v) is 10.6. The smallest absolute Gasteiger partial charge is 0.104 e. The van der Waals surface area contributed by atoms with Crippen LogP contribution in [0.5, 0.6) is 0 Å². The van der Waals surface area contributed by atoms with Gasteiger partial charge in [0.2, 0.25) is 0 Å². The van der Waals surface area contributed by atoms with E-state index in [9.17, 15) is 10.2 Å². The van der Waals surface area contributed by atoms with E-state index in [0.717, 1.165) is 36.0 Å². The molecule has 16 heavy (non-hydrogen) atoms. The van der Waals surface area contributed by atoms with Crippen molar-refractivity contribution in [2.45, 2.75) is 58.2 Å². The van der Waals surface area contributed by atoms with E-state index in [0.29, 0.717) is 6.42 Å². The molecule has 92 valence electrons. The van der Waals surface area contributed by atoms with Crippen LogP contribution in [0.1, 0.15) is 46.5 Å². The van der Waals surface area contributed by atoms with Crippen LogP contribution in [-0.4, -0.2) is 21.9 Å². The normalized spacial score (nSPS) is 30.6. The van der Waals surface area contributed by atoms with Gasteiger partial charge in [-0.25, -0.2) is 0 Å². The molecule has 0 aromatic rings. The lowest BCUT2D eigenvalue weighted by Gasteiger charge is -2.39. The summed E-state index contributed by atoms with van der Waals surface area (Å²) in [4.78, 5) is 0. The van der Waals surface area contributed by atoms with Crippen molar-refractivity contribution in [3.05, 3.63) is 29.7 Å². The lowest BCUT2D eigenvalue weighted by atomic mass is 9.74. The van der Waals surface area contributed by atoms with E-state index in [4.69, 9.17) is 0 Å². The molecule has 0 amide bonds. The zero-order valence-electron chi connectivity index (χ0n) is 10.6. The second-order valence-electron chi connectivity index (χ2n) is 4.66. The highest BCUT2D eigenvalue weighted by atomic mass is 16.3. The fourth-order valence-corrected chi connectivity index (χ4v) is 2.31. The molecule has 0 fully saturated rings. The second-order valence-corrected chi connectivity index (χ2v) is 4.66. The van der Waals surface area contributed by atoms with Crippen molar-refractivity contribution >= 4 is 0 Å². The molecule has 0 spiro atoms. The molecule has 2 nitrogen and oxygen atoms in total. The van der Waals surface area contributed by atoms with Gasteiger partial charge in [-0.15, -0.1) is 0 Å². The lowest BCUT2D eigenvalue weighted by Crippen LogP contribution is -2.38. The minimum absolute atomic E-state index is 0.544. The lowest BCUT2D eigenvalue weighted by molar-refractivity contribution is 0.0911. The molecule has 0 bridgehead atoms. The topological polar surface area (TPSA) is 40.5 Å². The van der Waals surface area contributed by atoms with Gasteiger partial charge < -0.3 is 17.1 Å². The third-order valence-electron chi connectivity index (χ3n) is 3.71. The summed E-state index contributed by atoms with van der Waals surface area (Å²) in [6.07, 6.45) is 4.50. The number of hydrogen-bond donors (Lipinski definition) is 2. The van der Waals surface area contributed by atoms with Crippen molar-refractivity contribution in [2.75, 3.05) is 0 Å². The quantitative estimate of drug-likeness (QED) is 0.568. The van der Waals surface area contributed by atoms with Gasteiger partial charge in [-0.3, -0.25) is 0 Å². The fraction of sp³-hybridized carbons (Fsp3) is 0.643. The van der Waals surface area contributed by atoms with Crippen LogP contribution in [0.15, 0.2) is 22.8 Å². The molecule has 1 rings (SSSR count). The Hall–Kier alpha value is -0.600. The highest BCUT2D eigenvalue weighted by molar-refractivity contribution is 5.42. The minimum atomic E-state index is -0.874. The molecule has 0 radical (unpaired) electrons. The Morgan fingerprint density at radius 2 is 2.06 bits per heavy atom. The first-order valence-corrected chi connectivity index (χ1v) is 6.06. The molecule has 0 saturated carbocycles. The Morgan fingerprint density at radius 3 is 2.56 bits per heavy atom. The van der Waals surface area contributed by atoms with Crippen molar-refractivity contribution in [3.63, 3.8) is 0 Å². The van der Waals surface area contributed by atoms with Crippen molar-refractivity contribution in [1.82, 2.24) is 0 Å². The highest BCUT2D eigenvalue weighted by Gasteiger charge is 2.36. The standard InChI is InChI=1S/C14H23O2/c1-5-7-8-14(16)11(4)10(3)13(15)9-12(14)6-2/h9,13,15-16H,2,5-8H2,1,3-4H3/q-1. The molecule has 1 aliphatic carbocycles. The molecule has 0 aliphatic heterocycles. The van der Waals surface area contributed by atoms with Crippen molar-refractivity contribution in [2.24, 2.45) is 0 Å². The molecule has 0 aromatic heterocycles. The molecule has 1 aliphatic rings. The first-order chi connectivity index (χ1) is 7.47. The van der Waals surface area contributed by atoms with Crippen LogP contribution in [0.25, 0.3) is 0 Å². The molecule has 0 aromatic carbocycles. The van der Waals surface area contributed by atoms with Gasteiger partial charge in [0.05, 0.1) is 6.10 Å². The number of rotatable bonds is 4. The molecule has 2 atom stereocenters. The van der Waals surface area contributed by atoms with Gasteiger partial charge in [0, 0.05) is 0 Å². The molecular weight excluding hydrogens is 200 g/mol. The monoisotopic (exact) mass is 223 g/mol. The maximum Gasteiger partial charge on any atom is 0.104 e. The Labute approximate surface area is 98.7 Å². The van der Waals surface area contributed by atoms with Crippen LogP contribution in [0.3, 0.4) is 0 Å². The predicted molar refractivity (Wildman–Crippen MR) is 66.9 cm³/mol. The summed E-state index contributed by atoms with van der Waals surface area (Å²) in [5.74, 6) is 0. The van der Waals surface area contributed by atoms with E-state index in [1.165, 1.54) is 0 Å². The molecule has 2 unspecified atom stereocenters. The van der Waals surface area contributed by atoms with Gasteiger partial charge >= 0.3 is 0 Å². The summed E-state index contributed by atoms with van der Waals surface area (Å²) in [6, 6.07) is 0. The highest BCUT2D eigenvalue weighted by Crippen LogP contribution is 2.39. The van der Waals surface area contributed by atoms with Gasteiger partial charge in [-0.2, -0.15) is 6.42 Å². The van der Waals surface area contributed by atoms with Crippen molar-refractivity contribution in [3.8, 4) is 0 Å². The van der Waals surface area contributed by atoms with Crippen molar-refractivity contribution in [1.29, 1.82) is 0 Å². The van der Waals surface area contributed by atoms with Crippen LogP contribution in [0.2, 0.25) is 0 Å². The predicted octanol–water partition coefficient (Wildman–Crippen LogP) is 2.77. The van der Waals surface area contributed by atoms with E-state index in [1.54, 1.807) is 6.08 Å². The van der Waals surface area contributed by atoms with Gasteiger partial charge in [-0.1, -0.05) is 31.4 Å². The van der Waals surface area contributed by atoms with Gasteiger partial charge in [0.25, 0.3) is 0 Å². The summed E-state index contributed by atoms with van der Waals surface area (Å²) < 4.78 is 0. The largest absolute Gasteiger partial charge is 0.385 e. The molecule has 2 heteroatoms. The third-order valence-corrected chi connectivity index (χ3v) is 3.71.